The fourth-order valence-corrected chi connectivity index (χ4v) is 6.17. The topological polar surface area (TPSA) is 49.4 Å². The molecular formula is C17H21BrN2O2S. The molecule has 124 valence electrons. The Labute approximate surface area is 148 Å². The van der Waals surface area contributed by atoms with Crippen LogP contribution in [-0.2, 0) is 4.79 Å². The first-order valence-electron chi connectivity index (χ1n) is 8.41. The van der Waals surface area contributed by atoms with Crippen molar-refractivity contribution in [3.8, 4) is 0 Å². The zero-order valence-corrected chi connectivity index (χ0v) is 15.4. The first-order chi connectivity index (χ1) is 11.1. The van der Waals surface area contributed by atoms with Crippen LogP contribution in [0.2, 0.25) is 0 Å². The molecule has 0 aromatic carbocycles. The Morgan fingerprint density at radius 3 is 2.48 bits per heavy atom. The molecule has 4 fully saturated rings. The van der Waals surface area contributed by atoms with Crippen molar-refractivity contribution in [3.05, 3.63) is 20.8 Å². The first-order valence-corrected chi connectivity index (χ1v) is 10.0. The summed E-state index contributed by atoms with van der Waals surface area (Å²) in [5.41, 5.74) is 0. The van der Waals surface area contributed by atoms with Crippen molar-refractivity contribution in [1.29, 1.82) is 0 Å². The van der Waals surface area contributed by atoms with Crippen LogP contribution in [0.1, 0.15) is 41.8 Å². The van der Waals surface area contributed by atoms with Crippen LogP contribution in [0, 0.1) is 17.8 Å². The second-order valence-corrected chi connectivity index (χ2v) is 9.73. The predicted octanol–water partition coefficient (Wildman–Crippen LogP) is 3.28. The van der Waals surface area contributed by atoms with Crippen molar-refractivity contribution < 1.29 is 9.59 Å². The maximum Gasteiger partial charge on any atom is 0.261 e. The molecule has 2 atom stereocenters. The number of hydrogen-bond acceptors (Lipinski definition) is 3. The van der Waals surface area contributed by atoms with Gasteiger partial charge < -0.3 is 10.2 Å². The SMILES string of the molecule is O=C(NCC(=O)N1CC2CC3CC(C2)CC1C3)c1ccc(Br)s1. The Bertz CT molecular complexity index is 618. The lowest BCUT2D eigenvalue weighted by Gasteiger charge is -2.39. The van der Waals surface area contributed by atoms with Gasteiger partial charge in [0.2, 0.25) is 5.91 Å². The van der Waals surface area contributed by atoms with E-state index in [9.17, 15) is 9.59 Å². The summed E-state index contributed by atoms with van der Waals surface area (Å²) in [4.78, 5) is 27.5. The van der Waals surface area contributed by atoms with Crippen molar-refractivity contribution >= 4 is 39.1 Å². The van der Waals surface area contributed by atoms with E-state index >= 15 is 0 Å². The molecular weight excluding hydrogens is 376 g/mol. The van der Waals surface area contributed by atoms with E-state index in [0.717, 1.165) is 22.2 Å². The van der Waals surface area contributed by atoms with Gasteiger partial charge in [-0.05, 0) is 77.9 Å². The quantitative estimate of drug-likeness (QED) is 0.851. The average molecular weight is 397 g/mol. The molecule has 2 saturated carbocycles. The molecule has 2 saturated heterocycles. The van der Waals surface area contributed by atoms with E-state index in [0.29, 0.717) is 16.8 Å². The van der Waals surface area contributed by atoms with Crippen LogP contribution in [0.5, 0.6) is 0 Å². The highest BCUT2D eigenvalue weighted by Gasteiger charge is 2.43. The van der Waals surface area contributed by atoms with Gasteiger partial charge in [0.1, 0.15) is 0 Å². The van der Waals surface area contributed by atoms with E-state index in [4.69, 9.17) is 0 Å². The van der Waals surface area contributed by atoms with Crippen LogP contribution in [-0.4, -0.2) is 35.8 Å². The number of halogens is 1. The highest BCUT2D eigenvalue weighted by atomic mass is 79.9. The fraction of sp³-hybridized carbons (Fsp3) is 0.647. The zero-order valence-electron chi connectivity index (χ0n) is 13.0. The summed E-state index contributed by atoms with van der Waals surface area (Å²) in [6, 6.07) is 4.04. The number of carbonyl (C=O) groups excluding carboxylic acids is 2. The molecule has 1 N–H and O–H groups in total. The van der Waals surface area contributed by atoms with E-state index in [1.165, 1.54) is 43.4 Å². The third-order valence-corrected chi connectivity index (χ3v) is 7.25. The fourth-order valence-electron chi connectivity index (χ4n) is 4.87. The third-order valence-electron chi connectivity index (χ3n) is 5.62. The number of hydrogen-bond donors (Lipinski definition) is 1. The molecule has 5 rings (SSSR count). The molecule has 3 heterocycles. The van der Waals surface area contributed by atoms with Gasteiger partial charge in [-0.15, -0.1) is 11.3 Å². The van der Waals surface area contributed by atoms with Crippen LogP contribution in [0.15, 0.2) is 15.9 Å². The minimum absolute atomic E-state index is 0.0900. The van der Waals surface area contributed by atoms with Crippen LogP contribution in [0.3, 0.4) is 0 Å². The molecule has 4 nitrogen and oxygen atoms in total. The van der Waals surface area contributed by atoms with E-state index in [1.807, 2.05) is 6.07 Å². The van der Waals surface area contributed by atoms with E-state index in [-0.39, 0.29) is 18.4 Å². The monoisotopic (exact) mass is 396 g/mol. The molecule has 2 aliphatic carbocycles. The maximum atomic E-state index is 12.7. The molecule has 6 heteroatoms. The lowest BCUT2D eigenvalue weighted by molar-refractivity contribution is -0.133. The molecule has 4 bridgehead atoms. The standard InChI is InChI=1S/C17H21BrN2O2S/c18-15-2-1-14(23-15)17(22)19-8-16(21)20-9-12-4-10-3-11(5-12)7-13(20)6-10/h1-2,10-13H,3-9H2,(H,19,22). The third kappa shape index (κ3) is 3.20. The molecule has 4 aliphatic rings. The summed E-state index contributed by atoms with van der Waals surface area (Å²) in [5, 5.41) is 2.79. The van der Waals surface area contributed by atoms with E-state index < -0.39 is 0 Å². The summed E-state index contributed by atoms with van der Waals surface area (Å²) in [6.45, 7) is 1.02. The second kappa shape index (κ2) is 6.20. The largest absolute Gasteiger partial charge is 0.342 e. The van der Waals surface area contributed by atoms with Crippen molar-refractivity contribution in [1.82, 2.24) is 10.2 Å². The van der Waals surface area contributed by atoms with Gasteiger partial charge in [0, 0.05) is 12.6 Å². The highest BCUT2D eigenvalue weighted by Crippen LogP contribution is 2.47. The summed E-state index contributed by atoms with van der Waals surface area (Å²) < 4.78 is 0.925. The minimum atomic E-state index is -0.158. The summed E-state index contributed by atoms with van der Waals surface area (Å²) in [7, 11) is 0. The predicted molar refractivity (Wildman–Crippen MR) is 93.4 cm³/mol. The van der Waals surface area contributed by atoms with Gasteiger partial charge >= 0.3 is 0 Å². The first kappa shape index (κ1) is 15.6. The summed E-state index contributed by atoms with van der Waals surface area (Å²) in [6.07, 6.45) is 6.31. The van der Waals surface area contributed by atoms with Crippen molar-refractivity contribution in [2.75, 3.05) is 13.1 Å². The van der Waals surface area contributed by atoms with E-state index in [1.54, 1.807) is 6.07 Å². The van der Waals surface area contributed by atoms with Crippen molar-refractivity contribution in [2.24, 2.45) is 17.8 Å². The molecule has 0 radical (unpaired) electrons. The smallest absolute Gasteiger partial charge is 0.261 e. The Kier molecular flexibility index (Phi) is 4.22. The van der Waals surface area contributed by atoms with Gasteiger partial charge in [-0.3, -0.25) is 9.59 Å². The Morgan fingerprint density at radius 1 is 1.13 bits per heavy atom. The number of amides is 2. The Hall–Kier alpha value is -0.880. The van der Waals surface area contributed by atoms with Crippen LogP contribution >= 0.6 is 27.3 Å². The Balaban J connectivity index is 1.38. The number of thiophene rings is 1. The van der Waals surface area contributed by atoms with Crippen molar-refractivity contribution in [3.63, 3.8) is 0 Å². The lowest BCUT2D eigenvalue weighted by atomic mass is 9.68. The molecule has 0 spiro atoms. The lowest BCUT2D eigenvalue weighted by Crippen LogP contribution is -2.46. The van der Waals surface area contributed by atoms with Gasteiger partial charge in [0.05, 0.1) is 15.2 Å². The molecule has 2 aliphatic heterocycles. The van der Waals surface area contributed by atoms with Crippen molar-refractivity contribution in [2.45, 2.75) is 38.1 Å². The summed E-state index contributed by atoms with van der Waals surface area (Å²) >= 11 is 4.74. The normalized spacial score (nSPS) is 32.0. The molecule has 1 aromatic rings. The van der Waals surface area contributed by atoms with Crippen LogP contribution in [0.4, 0.5) is 0 Å². The number of nitrogens with one attached hydrogen (secondary N) is 1. The number of carbonyl (C=O) groups is 2. The van der Waals surface area contributed by atoms with Crippen LogP contribution in [0.25, 0.3) is 0 Å². The molecule has 23 heavy (non-hydrogen) atoms. The van der Waals surface area contributed by atoms with Gasteiger partial charge in [-0.25, -0.2) is 0 Å². The van der Waals surface area contributed by atoms with Gasteiger partial charge in [-0.1, -0.05) is 0 Å². The maximum absolute atomic E-state index is 12.7. The zero-order chi connectivity index (χ0) is 16.0. The molecule has 2 amide bonds. The summed E-state index contributed by atoms with van der Waals surface area (Å²) in [5.74, 6) is 2.27. The van der Waals surface area contributed by atoms with Gasteiger partial charge in [-0.2, -0.15) is 0 Å². The van der Waals surface area contributed by atoms with Gasteiger partial charge in [0.25, 0.3) is 5.91 Å². The second-order valence-electron chi connectivity index (χ2n) is 7.26. The highest BCUT2D eigenvalue weighted by molar-refractivity contribution is 9.11. The number of fused-ring (bicyclic) bond motifs is 1. The Morgan fingerprint density at radius 2 is 1.83 bits per heavy atom. The van der Waals surface area contributed by atoms with Crippen LogP contribution < -0.4 is 5.32 Å². The minimum Gasteiger partial charge on any atom is -0.342 e. The van der Waals surface area contributed by atoms with E-state index in [2.05, 4.69) is 26.1 Å². The number of nitrogens with zero attached hydrogens (tertiary/aromatic N) is 1. The number of rotatable bonds is 3. The van der Waals surface area contributed by atoms with Gasteiger partial charge in [0.15, 0.2) is 0 Å². The molecule has 2 unspecified atom stereocenters. The molecule has 1 aromatic heterocycles. The average Bonchev–Trinajstić information content (AvgIpc) is 2.85.